The van der Waals surface area contributed by atoms with Crippen LogP contribution >= 0.6 is 0 Å². The van der Waals surface area contributed by atoms with Crippen molar-refractivity contribution < 1.29 is 58.6 Å². The molecule has 0 radical (unpaired) electrons. The Labute approximate surface area is 262 Å². The molecular weight excluding hydrogens is 757 g/mol. The third-order valence-corrected chi connectivity index (χ3v) is 4.75. The van der Waals surface area contributed by atoms with E-state index in [4.69, 9.17) is 5.26 Å². The monoisotopic (exact) mass is 775 g/mol. The van der Waals surface area contributed by atoms with Crippen molar-refractivity contribution in [2.75, 3.05) is 0 Å². The first-order valence-electron chi connectivity index (χ1n) is 11.8. The summed E-state index contributed by atoms with van der Waals surface area (Å²) in [5.74, 6) is -5.99. The molecule has 14 heteroatoms. The number of nitrogens with zero attached hydrogens (tertiary/aromatic N) is 5. The van der Waals surface area contributed by atoms with E-state index in [1.807, 2.05) is 0 Å². The van der Waals surface area contributed by atoms with Crippen molar-refractivity contribution in [2.24, 2.45) is 0 Å². The molecule has 4 heterocycles. The van der Waals surface area contributed by atoms with Crippen molar-refractivity contribution in [2.45, 2.75) is 0 Å². The summed E-state index contributed by atoms with van der Waals surface area (Å²) in [6, 6.07) is 24.1. The second-order valence-corrected chi connectivity index (χ2v) is 7.63. The first-order chi connectivity index (χ1) is 20.6. The van der Waals surface area contributed by atoms with Crippen LogP contribution in [-0.4, -0.2) is 37.8 Å². The van der Waals surface area contributed by atoms with Crippen LogP contribution in [0.4, 0.5) is 8.78 Å². The Hall–Kier alpha value is -5.77. The summed E-state index contributed by atoms with van der Waals surface area (Å²) < 4.78 is 26.2. The molecule has 0 aliphatic heterocycles. The van der Waals surface area contributed by atoms with Crippen LogP contribution in [0.3, 0.4) is 0 Å². The number of aromatic carboxylic acids is 3. The van der Waals surface area contributed by atoms with Gasteiger partial charge in [-0.2, -0.15) is 5.26 Å². The molecule has 0 atom stereocenters. The Bertz CT molecular complexity index is 1560. The van der Waals surface area contributed by atoms with Gasteiger partial charge in [-0.05, 0) is 36.4 Å². The van der Waals surface area contributed by atoms with Crippen molar-refractivity contribution in [3.63, 3.8) is 0 Å². The molecule has 4 aromatic heterocycles. The average molecular weight is 775 g/mol. The predicted octanol–water partition coefficient (Wildman–Crippen LogP) is 1.23. The molecule has 5 rings (SSSR count). The molecule has 0 aliphatic carbocycles. The summed E-state index contributed by atoms with van der Waals surface area (Å²) in [5.41, 5.74) is 0.277. The van der Waals surface area contributed by atoms with Crippen molar-refractivity contribution in [3.05, 3.63) is 144 Å². The van der Waals surface area contributed by atoms with Gasteiger partial charge in [0, 0.05) is 24.2 Å². The van der Waals surface area contributed by atoms with Crippen molar-refractivity contribution in [1.29, 1.82) is 5.26 Å². The molecule has 222 valence electrons. The van der Waals surface area contributed by atoms with Gasteiger partial charge in [0.25, 0.3) is 0 Å². The van der Waals surface area contributed by atoms with Gasteiger partial charge in [-0.15, -0.1) is 0 Å². The molecular formula is C30H18F2IrN5O6. The molecule has 0 unspecified atom stereocenters. The standard InChI is InChI=1S/C12H6F2N2.3C6H5NO2.Ir/c13-10-7-16-12(9(6-15)11(10)14)8-4-2-1-3-5-8;3*8-6(9)5-3-1-2-4-7-5;/h1-5,7H;3*1-4H,(H,8,9);/q;;;;+3/p-3. The molecule has 0 spiro atoms. The number of pyridine rings is 4. The number of halogens is 2. The van der Waals surface area contributed by atoms with Gasteiger partial charge in [0.1, 0.15) is 11.6 Å². The van der Waals surface area contributed by atoms with Gasteiger partial charge >= 0.3 is 20.1 Å². The zero-order valence-electron chi connectivity index (χ0n) is 22.2. The van der Waals surface area contributed by atoms with Crippen LogP contribution in [0.25, 0.3) is 11.3 Å². The van der Waals surface area contributed by atoms with Crippen LogP contribution in [0, 0.1) is 23.0 Å². The first kappa shape index (κ1) is 36.3. The summed E-state index contributed by atoms with van der Waals surface area (Å²) in [4.78, 5) is 44.4. The normalized spacial score (nSPS) is 9.02. The van der Waals surface area contributed by atoms with Gasteiger partial charge in [0.15, 0.2) is 11.6 Å². The molecule has 0 fully saturated rings. The Kier molecular flexibility index (Phi) is 16.0. The number of nitriles is 1. The summed E-state index contributed by atoms with van der Waals surface area (Å²) in [5, 5.41) is 38.9. The Balaban J connectivity index is 0.000000303. The number of hydrogen-bond acceptors (Lipinski definition) is 11. The van der Waals surface area contributed by atoms with Gasteiger partial charge in [-0.1, -0.05) is 48.5 Å². The van der Waals surface area contributed by atoms with Gasteiger partial charge < -0.3 is 29.7 Å². The number of carbonyl (C=O) groups is 3. The second kappa shape index (κ2) is 19.4. The molecule has 44 heavy (non-hydrogen) atoms. The van der Waals surface area contributed by atoms with Crippen molar-refractivity contribution >= 4 is 17.9 Å². The molecule has 0 N–H and O–H groups in total. The number of rotatable bonds is 4. The van der Waals surface area contributed by atoms with Gasteiger partial charge in [-0.25, -0.2) is 8.78 Å². The maximum atomic E-state index is 13.3. The summed E-state index contributed by atoms with van der Waals surface area (Å²) in [6.45, 7) is 0. The van der Waals surface area contributed by atoms with Crippen LogP contribution in [0.15, 0.2) is 110 Å². The SMILES string of the molecule is N#Cc1c(-c2ccccc2)ncc(F)c1F.O=C([O-])c1ccccn1.O=C([O-])c1ccccn1.O=C([O-])c1ccccn1.[Ir+3]. The van der Waals surface area contributed by atoms with Crippen LogP contribution in [0.1, 0.15) is 37.0 Å². The zero-order chi connectivity index (χ0) is 31.6. The van der Waals surface area contributed by atoms with E-state index in [1.54, 1.807) is 72.8 Å². The minimum atomic E-state index is -1.24. The number of benzene rings is 1. The molecule has 0 bridgehead atoms. The van der Waals surface area contributed by atoms with Crippen LogP contribution in [0.2, 0.25) is 0 Å². The average Bonchev–Trinajstić information content (AvgIpc) is 3.05. The second-order valence-electron chi connectivity index (χ2n) is 7.63. The predicted molar refractivity (Wildman–Crippen MR) is 140 cm³/mol. The number of carboxylic acid groups (broad SMARTS) is 3. The van der Waals surface area contributed by atoms with Gasteiger partial charge in [-0.3, -0.25) is 19.9 Å². The van der Waals surface area contributed by atoms with E-state index in [0.29, 0.717) is 5.56 Å². The molecule has 11 nitrogen and oxygen atoms in total. The number of aromatic nitrogens is 4. The Morgan fingerprint density at radius 1 is 0.614 bits per heavy atom. The fraction of sp³-hybridized carbons (Fsp3) is 0. The molecule has 0 aliphatic rings. The van der Waals surface area contributed by atoms with E-state index in [-0.39, 0.29) is 48.4 Å². The van der Waals surface area contributed by atoms with E-state index < -0.39 is 29.5 Å². The quantitative estimate of drug-likeness (QED) is 0.255. The summed E-state index contributed by atoms with van der Waals surface area (Å²) in [6.07, 6.45) is 5.00. The minimum absolute atomic E-state index is 0. The number of carboxylic acids is 3. The van der Waals surface area contributed by atoms with Crippen LogP contribution < -0.4 is 15.3 Å². The Morgan fingerprint density at radius 3 is 1.30 bits per heavy atom. The molecule has 5 aromatic rings. The van der Waals surface area contributed by atoms with E-state index in [1.165, 1.54) is 36.8 Å². The molecule has 1 aromatic carbocycles. The third-order valence-electron chi connectivity index (χ3n) is 4.75. The van der Waals surface area contributed by atoms with Crippen molar-refractivity contribution in [1.82, 2.24) is 19.9 Å². The molecule has 0 saturated carbocycles. The summed E-state index contributed by atoms with van der Waals surface area (Å²) >= 11 is 0. The van der Waals surface area contributed by atoms with E-state index >= 15 is 0 Å². The van der Waals surface area contributed by atoms with Gasteiger partial charge in [0.05, 0.1) is 46.9 Å². The van der Waals surface area contributed by atoms with E-state index in [9.17, 15) is 38.5 Å². The fourth-order valence-electron chi connectivity index (χ4n) is 2.83. The fourth-order valence-corrected chi connectivity index (χ4v) is 2.83. The summed E-state index contributed by atoms with van der Waals surface area (Å²) in [7, 11) is 0. The maximum absolute atomic E-state index is 13.3. The number of carbonyl (C=O) groups excluding carboxylic acids is 3. The van der Waals surface area contributed by atoms with E-state index in [0.717, 1.165) is 6.20 Å². The van der Waals surface area contributed by atoms with Crippen LogP contribution in [0.5, 0.6) is 0 Å². The molecule has 0 amide bonds. The Morgan fingerprint density at radius 2 is 1.00 bits per heavy atom. The smallest absolute Gasteiger partial charge is 0.543 e. The number of hydrogen-bond donors (Lipinski definition) is 0. The minimum Gasteiger partial charge on any atom is -0.543 e. The van der Waals surface area contributed by atoms with Gasteiger partial charge in [0.2, 0.25) is 0 Å². The first-order valence-corrected chi connectivity index (χ1v) is 11.8. The third kappa shape index (κ3) is 12.0. The van der Waals surface area contributed by atoms with E-state index in [2.05, 4.69) is 19.9 Å². The largest absolute Gasteiger partial charge is 3.00 e. The maximum Gasteiger partial charge on any atom is 3.00 e. The molecule has 0 saturated heterocycles. The van der Waals surface area contributed by atoms with Crippen molar-refractivity contribution in [3.8, 4) is 17.3 Å². The van der Waals surface area contributed by atoms with Crippen LogP contribution in [-0.2, 0) is 20.1 Å². The zero-order valence-corrected chi connectivity index (χ0v) is 24.6. The topological polar surface area (TPSA) is 196 Å².